The van der Waals surface area contributed by atoms with Crippen LogP contribution in [0.4, 0.5) is 0 Å². The Balaban J connectivity index is 2.35. The Labute approximate surface area is 109 Å². The Kier molecular flexibility index (Phi) is 6.10. The molecule has 1 unspecified atom stereocenters. The van der Waals surface area contributed by atoms with Gasteiger partial charge in [0.15, 0.2) is 0 Å². The van der Waals surface area contributed by atoms with Crippen molar-refractivity contribution in [2.75, 3.05) is 32.8 Å². The monoisotopic (exact) mass is 253 g/mol. The highest BCUT2D eigenvalue weighted by Crippen LogP contribution is 2.09. The fourth-order valence-corrected chi connectivity index (χ4v) is 2.04. The van der Waals surface area contributed by atoms with Gasteiger partial charge in [0.2, 0.25) is 5.91 Å². The van der Waals surface area contributed by atoms with Crippen LogP contribution in [-0.2, 0) is 9.53 Å². The summed E-state index contributed by atoms with van der Waals surface area (Å²) < 4.78 is 5.32. The van der Waals surface area contributed by atoms with Crippen molar-refractivity contribution in [1.82, 2.24) is 9.80 Å². The van der Waals surface area contributed by atoms with Gasteiger partial charge < -0.3 is 9.64 Å². The lowest BCUT2D eigenvalue weighted by Gasteiger charge is -2.36. The van der Waals surface area contributed by atoms with Gasteiger partial charge in [0.25, 0.3) is 0 Å². The summed E-state index contributed by atoms with van der Waals surface area (Å²) in [6, 6.07) is 2.28. The highest BCUT2D eigenvalue weighted by atomic mass is 16.5. The van der Waals surface area contributed by atoms with Gasteiger partial charge in [0.05, 0.1) is 18.2 Å². The number of amides is 1. The second-order valence-electron chi connectivity index (χ2n) is 4.83. The van der Waals surface area contributed by atoms with Gasteiger partial charge in [-0.1, -0.05) is 6.92 Å². The SMILES string of the molecule is CCC(C#N)N1CCN(C(=O)COC(C)C)CC1. The van der Waals surface area contributed by atoms with E-state index in [-0.39, 0.29) is 24.7 Å². The number of hydrogen-bond donors (Lipinski definition) is 0. The van der Waals surface area contributed by atoms with Gasteiger partial charge in [-0.05, 0) is 20.3 Å². The largest absolute Gasteiger partial charge is 0.369 e. The molecule has 1 rings (SSSR count). The molecule has 1 atom stereocenters. The van der Waals surface area contributed by atoms with Crippen molar-refractivity contribution in [2.24, 2.45) is 0 Å². The number of hydrogen-bond acceptors (Lipinski definition) is 4. The highest BCUT2D eigenvalue weighted by Gasteiger charge is 2.25. The van der Waals surface area contributed by atoms with Crippen molar-refractivity contribution in [3.8, 4) is 6.07 Å². The molecule has 0 aromatic carbocycles. The van der Waals surface area contributed by atoms with Crippen LogP contribution in [0.15, 0.2) is 0 Å². The first-order chi connectivity index (χ1) is 8.58. The van der Waals surface area contributed by atoms with E-state index in [4.69, 9.17) is 10.00 Å². The lowest BCUT2D eigenvalue weighted by molar-refractivity contribution is -0.139. The lowest BCUT2D eigenvalue weighted by atomic mass is 10.2. The Hall–Kier alpha value is -1.12. The molecular formula is C13H23N3O2. The van der Waals surface area contributed by atoms with Gasteiger partial charge in [-0.3, -0.25) is 9.69 Å². The predicted molar refractivity (Wildman–Crippen MR) is 68.9 cm³/mol. The summed E-state index contributed by atoms with van der Waals surface area (Å²) in [5.74, 6) is 0.0494. The molecule has 0 N–H and O–H groups in total. The number of nitriles is 1. The van der Waals surface area contributed by atoms with E-state index in [9.17, 15) is 4.79 Å². The maximum atomic E-state index is 11.8. The molecule has 0 bridgehead atoms. The van der Waals surface area contributed by atoms with E-state index < -0.39 is 0 Å². The first-order valence-corrected chi connectivity index (χ1v) is 6.61. The Morgan fingerprint density at radius 1 is 1.33 bits per heavy atom. The molecule has 1 heterocycles. The third kappa shape index (κ3) is 4.28. The molecule has 0 aromatic heterocycles. The van der Waals surface area contributed by atoms with Gasteiger partial charge >= 0.3 is 0 Å². The van der Waals surface area contributed by atoms with Crippen LogP contribution < -0.4 is 0 Å². The van der Waals surface area contributed by atoms with Crippen LogP contribution in [0.3, 0.4) is 0 Å². The molecule has 0 saturated carbocycles. The average molecular weight is 253 g/mol. The van der Waals surface area contributed by atoms with E-state index in [1.165, 1.54) is 0 Å². The molecule has 1 fully saturated rings. The van der Waals surface area contributed by atoms with Crippen LogP contribution >= 0.6 is 0 Å². The fraction of sp³-hybridized carbons (Fsp3) is 0.846. The van der Waals surface area contributed by atoms with E-state index in [2.05, 4.69) is 11.0 Å². The zero-order valence-electron chi connectivity index (χ0n) is 11.6. The van der Waals surface area contributed by atoms with Crippen LogP contribution in [0.5, 0.6) is 0 Å². The molecule has 0 radical (unpaired) electrons. The molecular weight excluding hydrogens is 230 g/mol. The number of rotatable bonds is 5. The van der Waals surface area contributed by atoms with Crippen molar-refractivity contribution in [3.63, 3.8) is 0 Å². The van der Waals surface area contributed by atoms with Crippen molar-refractivity contribution in [1.29, 1.82) is 5.26 Å². The molecule has 0 aliphatic carbocycles. The molecule has 0 spiro atoms. The zero-order chi connectivity index (χ0) is 13.5. The molecule has 1 aliphatic rings. The molecule has 102 valence electrons. The van der Waals surface area contributed by atoms with Crippen LogP contribution in [0.2, 0.25) is 0 Å². The van der Waals surface area contributed by atoms with E-state index >= 15 is 0 Å². The maximum absolute atomic E-state index is 11.8. The second kappa shape index (κ2) is 7.34. The molecule has 1 amide bonds. The minimum atomic E-state index is -0.0193. The van der Waals surface area contributed by atoms with Crippen LogP contribution in [0, 0.1) is 11.3 Å². The number of carbonyl (C=O) groups excluding carboxylic acids is 1. The average Bonchev–Trinajstić information content (AvgIpc) is 2.38. The van der Waals surface area contributed by atoms with Crippen LogP contribution in [0.1, 0.15) is 27.2 Å². The van der Waals surface area contributed by atoms with Crippen molar-refractivity contribution < 1.29 is 9.53 Å². The van der Waals surface area contributed by atoms with Gasteiger partial charge in [-0.15, -0.1) is 0 Å². The molecule has 1 saturated heterocycles. The van der Waals surface area contributed by atoms with Crippen molar-refractivity contribution >= 4 is 5.91 Å². The molecule has 18 heavy (non-hydrogen) atoms. The summed E-state index contributed by atoms with van der Waals surface area (Å²) in [6.45, 7) is 8.96. The summed E-state index contributed by atoms with van der Waals surface area (Å²) >= 11 is 0. The normalized spacial score (nSPS) is 18.7. The van der Waals surface area contributed by atoms with Crippen molar-refractivity contribution in [2.45, 2.75) is 39.3 Å². The standard InChI is InChI=1S/C13H23N3O2/c1-4-12(9-14)15-5-7-16(8-6-15)13(17)10-18-11(2)3/h11-12H,4-8,10H2,1-3H3. The lowest BCUT2D eigenvalue weighted by Crippen LogP contribution is -2.52. The van der Waals surface area contributed by atoms with Gasteiger partial charge in [-0.25, -0.2) is 0 Å². The van der Waals surface area contributed by atoms with Gasteiger partial charge in [-0.2, -0.15) is 5.26 Å². The summed E-state index contributed by atoms with van der Waals surface area (Å²) in [6.07, 6.45) is 0.916. The Bertz CT molecular complexity index is 304. The van der Waals surface area contributed by atoms with Crippen LogP contribution in [0.25, 0.3) is 0 Å². The molecule has 5 nitrogen and oxygen atoms in total. The third-order valence-electron chi connectivity index (χ3n) is 3.18. The van der Waals surface area contributed by atoms with E-state index in [1.54, 1.807) is 0 Å². The van der Waals surface area contributed by atoms with E-state index in [0.29, 0.717) is 13.1 Å². The number of ether oxygens (including phenoxy) is 1. The summed E-state index contributed by atoms with van der Waals surface area (Å²) in [7, 11) is 0. The quantitative estimate of drug-likeness (QED) is 0.729. The van der Waals surface area contributed by atoms with E-state index in [0.717, 1.165) is 19.5 Å². The molecule has 0 aromatic rings. The number of nitrogens with zero attached hydrogens (tertiary/aromatic N) is 3. The predicted octanol–water partition coefficient (Wildman–Crippen LogP) is 0.858. The van der Waals surface area contributed by atoms with Crippen LogP contribution in [-0.4, -0.2) is 60.6 Å². The zero-order valence-corrected chi connectivity index (χ0v) is 11.6. The Morgan fingerprint density at radius 2 is 1.94 bits per heavy atom. The topological polar surface area (TPSA) is 56.6 Å². The van der Waals surface area contributed by atoms with Gasteiger partial charge in [0.1, 0.15) is 6.61 Å². The molecule has 5 heteroatoms. The number of carbonyl (C=O) groups is 1. The van der Waals surface area contributed by atoms with Crippen molar-refractivity contribution in [3.05, 3.63) is 0 Å². The smallest absolute Gasteiger partial charge is 0.248 e. The number of piperazine rings is 1. The molecule has 1 aliphatic heterocycles. The Morgan fingerprint density at radius 3 is 2.39 bits per heavy atom. The fourth-order valence-electron chi connectivity index (χ4n) is 2.04. The minimum absolute atomic E-state index is 0.0193. The van der Waals surface area contributed by atoms with E-state index in [1.807, 2.05) is 25.7 Å². The first-order valence-electron chi connectivity index (χ1n) is 6.61. The summed E-state index contributed by atoms with van der Waals surface area (Å²) in [4.78, 5) is 15.8. The maximum Gasteiger partial charge on any atom is 0.248 e. The summed E-state index contributed by atoms with van der Waals surface area (Å²) in [5, 5.41) is 9.01. The first kappa shape index (κ1) is 14.9. The van der Waals surface area contributed by atoms with Gasteiger partial charge in [0, 0.05) is 26.2 Å². The second-order valence-corrected chi connectivity index (χ2v) is 4.83. The highest BCUT2D eigenvalue weighted by molar-refractivity contribution is 5.77. The summed E-state index contributed by atoms with van der Waals surface area (Å²) in [5.41, 5.74) is 0. The third-order valence-corrected chi connectivity index (χ3v) is 3.18. The minimum Gasteiger partial charge on any atom is -0.369 e.